The number of esters is 2. The molecule has 6 nitrogen and oxygen atoms in total. The minimum Gasteiger partial charge on any atom is -0.469 e. The Hall–Kier alpha value is -2.02. The predicted molar refractivity (Wildman–Crippen MR) is 88.1 cm³/mol. The van der Waals surface area contributed by atoms with Crippen molar-refractivity contribution in [3.05, 3.63) is 35.9 Å². The largest absolute Gasteiger partial charge is 0.469 e. The van der Waals surface area contributed by atoms with Crippen LogP contribution in [0.15, 0.2) is 30.3 Å². The maximum atomic E-state index is 12.0. The molecule has 0 heterocycles. The topological polar surface area (TPSA) is 81.7 Å². The van der Waals surface area contributed by atoms with Crippen LogP contribution in [0.5, 0.6) is 0 Å². The number of nitrogens with one attached hydrogen (secondary N) is 1. The molecule has 0 aliphatic carbocycles. The minimum atomic E-state index is -0.739. The van der Waals surface area contributed by atoms with Crippen molar-refractivity contribution in [1.29, 1.82) is 0 Å². The van der Waals surface area contributed by atoms with Gasteiger partial charge in [-0.05, 0) is 5.56 Å². The summed E-state index contributed by atoms with van der Waals surface area (Å²) in [6.45, 7) is 1.34. The van der Waals surface area contributed by atoms with E-state index in [0.717, 1.165) is 5.56 Å². The van der Waals surface area contributed by atoms with Crippen LogP contribution in [0.25, 0.3) is 0 Å². The van der Waals surface area contributed by atoms with Crippen molar-refractivity contribution < 1.29 is 23.9 Å². The Bertz CT molecular complexity index is 535. The predicted octanol–water partition coefficient (Wildman–Crippen LogP) is 1.35. The normalized spacial score (nSPS) is 12.8. The summed E-state index contributed by atoms with van der Waals surface area (Å²) >= 11 is 1.38. The molecule has 2 unspecified atom stereocenters. The third kappa shape index (κ3) is 6.32. The number of rotatable bonds is 8. The van der Waals surface area contributed by atoms with E-state index in [1.165, 1.54) is 32.9 Å². The number of methoxy groups -OCH3 is 2. The lowest BCUT2D eigenvalue weighted by Gasteiger charge is -2.18. The van der Waals surface area contributed by atoms with Gasteiger partial charge in [-0.2, -0.15) is 11.8 Å². The first-order valence-corrected chi connectivity index (χ1v) is 8.20. The minimum absolute atomic E-state index is 0.312. The number of thioether (sulfide) groups is 1. The van der Waals surface area contributed by atoms with Crippen molar-refractivity contribution in [2.24, 2.45) is 0 Å². The van der Waals surface area contributed by atoms with Crippen LogP contribution >= 0.6 is 11.8 Å². The van der Waals surface area contributed by atoms with E-state index in [1.807, 2.05) is 30.3 Å². The highest BCUT2D eigenvalue weighted by Gasteiger charge is 2.24. The first-order chi connectivity index (χ1) is 11.0. The first-order valence-electron chi connectivity index (χ1n) is 7.05. The van der Waals surface area contributed by atoms with Gasteiger partial charge >= 0.3 is 11.9 Å². The van der Waals surface area contributed by atoms with Gasteiger partial charge in [-0.15, -0.1) is 0 Å². The number of benzene rings is 1. The number of hydrogen-bond acceptors (Lipinski definition) is 6. The highest BCUT2D eigenvalue weighted by atomic mass is 32.2. The number of amides is 1. The van der Waals surface area contributed by atoms with Crippen molar-refractivity contribution in [2.45, 2.75) is 18.9 Å². The van der Waals surface area contributed by atoms with Crippen LogP contribution < -0.4 is 5.32 Å². The molecule has 7 heteroatoms. The van der Waals surface area contributed by atoms with E-state index in [9.17, 15) is 14.4 Å². The average molecular weight is 339 g/mol. The molecule has 1 N–H and O–H groups in total. The third-order valence-corrected chi connectivity index (χ3v) is 4.26. The highest BCUT2D eigenvalue weighted by Crippen LogP contribution is 2.22. The van der Waals surface area contributed by atoms with Crippen molar-refractivity contribution in [2.75, 3.05) is 25.7 Å². The van der Waals surface area contributed by atoms with Crippen LogP contribution in [0.2, 0.25) is 0 Å². The molecule has 126 valence electrons. The van der Waals surface area contributed by atoms with E-state index in [-0.39, 0.29) is 11.9 Å². The quantitative estimate of drug-likeness (QED) is 0.720. The molecular formula is C16H21NO5S. The number of ether oxygens (including phenoxy) is 2. The van der Waals surface area contributed by atoms with Crippen molar-refractivity contribution in [1.82, 2.24) is 5.32 Å². The summed E-state index contributed by atoms with van der Waals surface area (Å²) in [4.78, 5) is 34.7. The molecule has 0 aromatic heterocycles. The molecule has 1 amide bonds. The van der Waals surface area contributed by atoms with Gasteiger partial charge in [-0.25, -0.2) is 4.79 Å². The smallest absolute Gasteiger partial charge is 0.329 e. The van der Waals surface area contributed by atoms with Gasteiger partial charge in [0.1, 0.15) is 6.04 Å². The van der Waals surface area contributed by atoms with Gasteiger partial charge in [0.2, 0.25) is 5.91 Å². The fraction of sp³-hybridized carbons (Fsp3) is 0.438. The zero-order chi connectivity index (χ0) is 17.2. The molecule has 0 fully saturated rings. The zero-order valence-electron chi connectivity index (χ0n) is 13.4. The lowest BCUT2D eigenvalue weighted by atomic mass is 10.0. The van der Waals surface area contributed by atoms with Gasteiger partial charge in [-0.3, -0.25) is 9.59 Å². The molecule has 1 aromatic rings. The van der Waals surface area contributed by atoms with Gasteiger partial charge in [0.25, 0.3) is 0 Å². The molecule has 0 radical (unpaired) electrons. The zero-order valence-corrected chi connectivity index (χ0v) is 14.2. The van der Waals surface area contributed by atoms with Crippen LogP contribution in [-0.4, -0.2) is 49.6 Å². The van der Waals surface area contributed by atoms with Gasteiger partial charge < -0.3 is 14.8 Å². The van der Waals surface area contributed by atoms with Gasteiger partial charge in [0.05, 0.1) is 20.1 Å². The Morgan fingerprint density at radius 3 is 2.17 bits per heavy atom. The van der Waals surface area contributed by atoms with Gasteiger partial charge in [-0.1, -0.05) is 30.3 Å². The van der Waals surface area contributed by atoms with Gasteiger partial charge in [0.15, 0.2) is 0 Å². The van der Waals surface area contributed by atoms with E-state index in [2.05, 4.69) is 10.1 Å². The standard InChI is InChI=1S/C16H21NO5S/c1-11(18)17-14(16(20)22-3)10-23-9-13(15(19)21-2)12-7-5-4-6-8-12/h4-8,13-14H,9-10H2,1-3H3,(H,17,18). The van der Waals surface area contributed by atoms with Crippen LogP contribution in [0.4, 0.5) is 0 Å². The van der Waals surface area contributed by atoms with E-state index in [4.69, 9.17) is 4.74 Å². The second-order valence-electron chi connectivity index (χ2n) is 4.80. The molecule has 1 aromatic carbocycles. The van der Waals surface area contributed by atoms with E-state index >= 15 is 0 Å². The Labute approximate surface area is 139 Å². The van der Waals surface area contributed by atoms with E-state index in [0.29, 0.717) is 11.5 Å². The summed E-state index contributed by atoms with van der Waals surface area (Å²) < 4.78 is 9.51. The lowest BCUT2D eigenvalue weighted by Crippen LogP contribution is -2.42. The first kappa shape index (κ1) is 19.0. The summed E-state index contributed by atoms with van der Waals surface area (Å²) in [5.74, 6) is -0.841. The summed E-state index contributed by atoms with van der Waals surface area (Å²) in [6, 6.07) is 8.54. The monoisotopic (exact) mass is 339 g/mol. The number of carbonyl (C=O) groups excluding carboxylic acids is 3. The average Bonchev–Trinajstić information content (AvgIpc) is 2.56. The molecule has 2 atom stereocenters. The van der Waals surface area contributed by atoms with Crippen LogP contribution in [-0.2, 0) is 23.9 Å². The summed E-state index contributed by atoms with van der Waals surface area (Å²) in [5.41, 5.74) is 0.848. The Kier molecular flexibility index (Phi) is 8.18. The van der Waals surface area contributed by atoms with Crippen molar-refractivity contribution in [3.63, 3.8) is 0 Å². The fourth-order valence-electron chi connectivity index (χ4n) is 1.99. The van der Waals surface area contributed by atoms with E-state index in [1.54, 1.807) is 0 Å². The Morgan fingerprint density at radius 2 is 1.65 bits per heavy atom. The number of carbonyl (C=O) groups is 3. The molecule has 23 heavy (non-hydrogen) atoms. The summed E-state index contributed by atoms with van der Waals surface area (Å²) in [5, 5.41) is 2.54. The summed E-state index contributed by atoms with van der Waals surface area (Å²) in [7, 11) is 2.61. The molecule has 0 bridgehead atoms. The fourth-order valence-corrected chi connectivity index (χ4v) is 3.14. The second-order valence-corrected chi connectivity index (χ2v) is 5.88. The van der Waals surface area contributed by atoms with Crippen LogP contribution in [0.1, 0.15) is 18.4 Å². The molecule has 0 spiro atoms. The second kappa shape index (κ2) is 9.89. The molecule has 1 rings (SSSR count). The molecule has 0 saturated carbocycles. The highest BCUT2D eigenvalue weighted by molar-refractivity contribution is 7.99. The van der Waals surface area contributed by atoms with Crippen molar-refractivity contribution >= 4 is 29.6 Å². The Balaban J connectivity index is 2.68. The Morgan fingerprint density at radius 1 is 1.04 bits per heavy atom. The SMILES string of the molecule is COC(=O)C(CSCC(C(=O)OC)c1ccccc1)NC(C)=O. The third-order valence-electron chi connectivity index (χ3n) is 3.12. The maximum absolute atomic E-state index is 12.0. The number of hydrogen-bond donors (Lipinski definition) is 1. The lowest BCUT2D eigenvalue weighted by molar-refractivity contribution is -0.144. The van der Waals surface area contributed by atoms with Crippen molar-refractivity contribution in [3.8, 4) is 0 Å². The summed E-state index contributed by atoms with van der Waals surface area (Å²) in [6.07, 6.45) is 0. The van der Waals surface area contributed by atoms with E-state index < -0.39 is 17.9 Å². The maximum Gasteiger partial charge on any atom is 0.329 e. The molecule has 0 saturated heterocycles. The molecule has 0 aliphatic heterocycles. The molecular weight excluding hydrogens is 318 g/mol. The van der Waals surface area contributed by atoms with Crippen LogP contribution in [0, 0.1) is 0 Å². The molecule has 0 aliphatic rings. The van der Waals surface area contributed by atoms with Crippen LogP contribution in [0.3, 0.4) is 0 Å². The van der Waals surface area contributed by atoms with Gasteiger partial charge in [0, 0.05) is 18.4 Å².